The van der Waals surface area contributed by atoms with Crippen LogP contribution in [0.2, 0.25) is 0 Å². The van der Waals surface area contributed by atoms with Crippen LogP contribution in [0.25, 0.3) is 0 Å². The summed E-state index contributed by atoms with van der Waals surface area (Å²) in [7, 11) is 0. The van der Waals surface area contributed by atoms with Crippen molar-refractivity contribution in [1.29, 1.82) is 0 Å². The molecule has 0 fully saturated rings. The van der Waals surface area contributed by atoms with Crippen LogP contribution in [-0.2, 0) is 11.3 Å². The monoisotopic (exact) mass is 280 g/mol. The zero-order chi connectivity index (χ0) is 14.6. The van der Waals surface area contributed by atoms with E-state index in [-0.39, 0.29) is 12.1 Å². The maximum absolute atomic E-state index is 13.2. The van der Waals surface area contributed by atoms with E-state index in [1.165, 1.54) is 11.4 Å². The van der Waals surface area contributed by atoms with Gasteiger partial charge in [-0.2, -0.15) is 13.2 Å². The molecule has 0 aliphatic rings. The van der Waals surface area contributed by atoms with Gasteiger partial charge in [0.25, 0.3) is 0 Å². The predicted octanol–water partition coefficient (Wildman–Crippen LogP) is 2.09. The highest BCUT2D eigenvalue weighted by atomic mass is 19.4. The number of rotatable bonds is 3. The first-order chi connectivity index (χ1) is 8.70. The number of hydrogen-bond acceptors (Lipinski definition) is 2. The number of carbonyl (C=O) groups excluding carboxylic acids is 1. The van der Waals surface area contributed by atoms with Gasteiger partial charge in [0.1, 0.15) is 5.82 Å². The van der Waals surface area contributed by atoms with Gasteiger partial charge in [0.2, 0.25) is 0 Å². The lowest BCUT2D eigenvalue weighted by atomic mass is 10.2. The second kappa shape index (κ2) is 5.55. The van der Waals surface area contributed by atoms with Crippen molar-refractivity contribution in [1.82, 2.24) is 5.32 Å². The molecule has 0 aliphatic carbocycles. The van der Waals surface area contributed by atoms with E-state index in [0.717, 1.165) is 12.1 Å². The third kappa shape index (κ3) is 4.45. The number of nitrogens with one attached hydrogen (secondary N) is 2. The molecule has 19 heavy (non-hydrogen) atoms. The molecule has 2 amide bonds. The first kappa shape index (κ1) is 14.7. The van der Waals surface area contributed by atoms with Gasteiger partial charge in [-0.3, -0.25) is 4.79 Å². The van der Waals surface area contributed by atoms with Crippen LogP contribution in [0, 0.1) is 5.82 Å². The topological polar surface area (TPSA) is 78.4 Å². The lowest BCUT2D eigenvalue weighted by molar-refractivity contribution is -0.167. The Balaban J connectivity index is 2.85. The van der Waals surface area contributed by atoms with Gasteiger partial charge in [-0.1, -0.05) is 6.07 Å². The summed E-state index contributed by atoms with van der Waals surface area (Å²) < 4.78 is 49.2. The molecule has 1 aromatic carbocycles. The maximum atomic E-state index is 13.2. The van der Waals surface area contributed by atoms with Gasteiger partial charge >= 0.3 is 18.2 Å². The third-order valence-electron chi connectivity index (χ3n) is 1.98. The maximum Gasteiger partial charge on any atom is 0.471 e. The summed E-state index contributed by atoms with van der Waals surface area (Å²) in [6, 6.07) is 2.91. The van der Waals surface area contributed by atoms with E-state index in [9.17, 15) is 27.2 Å². The smallest absolute Gasteiger partial charge is 0.465 e. The predicted molar refractivity (Wildman–Crippen MR) is 55.9 cm³/mol. The summed E-state index contributed by atoms with van der Waals surface area (Å²) in [6.07, 6.45) is -6.48. The summed E-state index contributed by atoms with van der Waals surface area (Å²) >= 11 is 0. The Morgan fingerprint density at radius 3 is 2.42 bits per heavy atom. The fourth-order valence-corrected chi connectivity index (χ4v) is 1.15. The van der Waals surface area contributed by atoms with Crippen molar-refractivity contribution in [2.45, 2.75) is 12.7 Å². The molecule has 0 aliphatic heterocycles. The van der Waals surface area contributed by atoms with Gasteiger partial charge in [0.05, 0.1) is 5.69 Å². The van der Waals surface area contributed by atoms with Crippen LogP contribution in [0.5, 0.6) is 0 Å². The van der Waals surface area contributed by atoms with Gasteiger partial charge in [-0.15, -0.1) is 0 Å². The molecule has 0 aromatic heterocycles. The molecule has 5 nitrogen and oxygen atoms in total. The van der Waals surface area contributed by atoms with Gasteiger partial charge in [0, 0.05) is 6.54 Å². The quantitative estimate of drug-likeness (QED) is 0.742. The Labute approximate surface area is 104 Å². The Bertz CT molecular complexity index is 502. The Kier molecular flexibility index (Phi) is 4.30. The lowest BCUT2D eigenvalue weighted by Gasteiger charge is -2.10. The summed E-state index contributed by atoms with van der Waals surface area (Å²) in [5, 5.41) is 11.7. The molecule has 1 rings (SSSR count). The van der Waals surface area contributed by atoms with Crippen LogP contribution in [0.1, 0.15) is 5.56 Å². The van der Waals surface area contributed by atoms with Gasteiger partial charge < -0.3 is 15.7 Å². The minimum atomic E-state index is -5.14. The molecular weight excluding hydrogens is 272 g/mol. The van der Waals surface area contributed by atoms with Crippen LogP contribution in [0.15, 0.2) is 18.2 Å². The number of halogens is 4. The number of carboxylic acid groups (broad SMARTS) is 1. The number of carbonyl (C=O) groups is 2. The zero-order valence-electron chi connectivity index (χ0n) is 9.21. The Hall–Kier alpha value is -2.32. The molecule has 0 unspecified atom stereocenters. The fraction of sp³-hybridized carbons (Fsp3) is 0.200. The van der Waals surface area contributed by atoms with Gasteiger partial charge in [-0.05, 0) is 17.7 Å². The van der Waals surface area contributed by atoms with E-state index < -0.39 is 29.7 Å². The van der Waals surface area contributed by atoms with Crippen molar-refractivity contribution < 1.29 is 32.3 Å². The SMILES string of the molecule is O=C(O)NCc1ccc(F)c(NC(=O)C(F)(F)F)c1. The zero-order valence-corrected chi connectivity index (χ0v) is 9.21. The number of benzene rings is 1. The Morgan fingerprint density at radius 2 is 1.89 bits per heavy atom. The minimum absolute atomic E-state index is 0.196. The van der Waals surface area contributed by atoms with Crippen molar-refractivity contribution in [3.8, 4) is 0 Å². The van der Waals surface area contributed by atoms with Crippen LogP contribution >= 0.6 is 0 Å². The van der Waals surface area contributed by atoms with Crippen LogP contribution in [-0.4, -0.2) is 23.3 Å². The first-order valence-corrected chi connectivity index (χ1v) is 4.83. The van der Waals surface area contributed by atoms with E-state index in [2.05, 4.69) is 0 Å². The molecule has 0 spiro atoms. The molecule has 0 atom stereocenters. The van der Waals surface area contributed by atoms with Crippen LogP contribution in [0.4, 0.5) is 28.0 Å². The van der Waals surface area contributed by atoms with Crippen molar-refractivity contribution in [2.75, 3.05) is 5.32 Å². The number of hydrogen-bond donors (Lipinski definition) is 3. The number of alkyl halides is 3. The Morgan fingerprint density at radius 1 is 1.26 bits per heavy atom. The first-order valence-electron chi connectivity index (χ1n) is 4.83. The molecule has 0 saturated carbocycles. The molecule has 0 heterocycles. The highest BCUT2D eigenvalue weighted by Gasteiger charge is 2.39. The number of amides is 2. The fourth-order valence-electron chi connectivity index (χ4n) is 1.15. The largest absolute Gasteiger partial charge is 0.471 e. The molecule has 0 bridgehead atoms. The van der Waals surface area contributed by atoms with E-state index in [1.807, 2.05) is 5.32 Å². The van der Waals surface area contributed by atoms with Crippen molar-refractivity contribution in [3.63, 3.8) is 0 Å². The highest BCUT2D eigenvalue weighted by Crippen LogP contribution is 2.21. The van der Waals surface area contributed by atoms with E-state index in [0.29, 0.717) is 0 Å². The van der Waals surface area contributed by atoms with Crippen LogP contribution in [0.3, 0.4) is 0 Å². The second-order valence-corrected chi connectivity index (χ2v) is 3.42. The molecule has 0 saturated heterocycles. The summed E-state index contributed by atoms with van der Waals surface area (Å²) in [5.41, 5.74) is -0.478. The summed E-state index contributed by atoms with van der Waals surface area (Å²) in [6.45, 7) is -0.232. The molecule has 0 radical (unpaired) electrons. The van der Waals surface area contributed by atoms with Crippen molar-refractivity contribution in [3.05, 3.63) is 29.6 Å². The van der Waals surface area contributed by atoms with Crippen LogP contribution < -0.4 is 10.6 Å². The van der Waals surface area contributed by atoms with Gasteiger partial charge in [0.15, 0.2) is 0 Å². The number of anilines is 1. The third-order valence-corrected chi connectivity index (χ3v) is 1.98. The second-order valence-electron chi connectivity index (χ2n) is 3.42. The average Bonchev–Trinajstić information content (AvgIpc) is 2.28. The van der Waals surface area contributed by atoms with E-state index >= 15 is 0 Å². The summed E-state index contributed by atoms with van der Waals surface area (Å²) in [4.78, 5) is 20.9. The van der Waals surface area contributed by atoms with E-state index in [4.69, 9.17) is 5.11 Å². The highest BCUT2D eigenvalue weighted by molar-refractivity contribution is 5.95. The van der Waals surface area contributed by atoms with Gasteiger partial charge in [-0.25, -0.2) is 9.18 Å². The minimum Gasteiger partial charge on any atom is -0.465 e. The van der Waals surface area contributed by atoms with E-state index in [1.54, 1.807) is 0 Å². The normalized spacial score (nSPS) is 10.9. The molecular formula is C10H8F4N2O3. The summed E-state index contributed by atoms with van der Waals surface area (Å²) in [5.74, 6) is -3.37. The molecule has 104 valence electrons. The molecule has 3 N–H and O–H groups in total. The van der Waals surface area contributed by atoms with Crippen molar-refractivity contribution in [2.24, 2.45) is 0 Å². The van der Waals surface area contributed by atoms with Crippen molar-refractivity contribution >= 4 is 17.7 Å². The average molecular weight is 280 g/mol. The molecule has 1 aromatic rings. The molecule has 9 heteroatoms. The lowest BCUT2D eigenvalue weighted by Crippen LogP contribution is -2.30. The standard InChI is InChI=1S/C10H8F4N2O3/c11-6-2-1-5(4-15-9(18)19)3-7(6)16-8(17)10(12,13)14/h1-3,15H,4H2,(H,16,17)(H,18,19).